The summed E-state index contributed by atoms with van der Waals surface area (Å²) < 4.78 is 1.75. The number of nitrogens with zero attached hydrogens (tertiary/aromatic N) is 4. The van der Waals surface area contributed by atoms with Crippen LogP contribution in [0.1, 0.15) is 44.9 Å². The molecule has 1 saturated heterocycles. The molecule has 1 aromatic rings. The summed E-state index contributed by atoms with van der Waals surface area (Å²) in [7, 11) is 1.87. The molecule has 1 amide bonds. The van der Waals surface area contributed by atoms with E-state index in [2.05, 4.69) is 15.4 Å². The zero-order chi connectivity index (χ0) is 14.4. The van der Waals surface area contributed by atoms with Crippen molar-refractivity contribution in [3.8, 4) is 0 Å². The number of hydrogen-bond acceptors (Lipinski definition) is 4. The van der Waals surface area contributed by atoms with Gasteiger partial charge in [0.05, 0.1) is 6.54 Å². The minimum absolute atomic E-state index is 0.155. The fraction of sp³-hybridized carbons (Fsp3) is 0.786. The molecule has 6 nitrogen and oxygen atoms in total. The van der Waals surface area contributed by atoms with Crippen LogP contribution in [0, 0.1) is 0 Å². The molecule has 1 N–H and O–H groups in total. The zero-order valence-electron chi connectivity index (χ0n) is 12.5. The first-order valence-corrected chi connectivity index (χ1v) is 7.51. The number of carbonyl (C=O) groups is 1. The molecule has 1 aliphatic rings. The van der Waals surface area contributed by atoms with Crippen LogP contribution in [0.3, 0.4) is 0 Å². The van der Waals surface area contributed by atoms with Crippen molar-refractivity contribution in [2.75, 3.05) is 13.1 Å². The molecule has 0 radical (unpaired) electrons. The van der Waals surface area contributed by atoms with Crippen LogP contribution in [0.5, 0.6) is 0 Å². The molecule has 2 heterocycles. The van der Waals surface area contributed by atoms with Crippen molar-refractivity contribution in [2.24, 2.45) is 7.05 Å². The van der Waals surface area contributed by atoms with Gasteiger partial charge in [-0.2, -0.15) is 5.10 Å². The van der Waals surface area contributed by atoms with Gasteiger partial charge in [-0.25, -0.2) is 4.98 Å². The average Bonchev–Trinajstić information content (AvgIpc) is 2.68. The number of amides is 1. The van der Waals surface area contributed by atoms with E-state index in [9.17, 15) is 4.79 Å². The fourth-order valence-electron chi connectivity index (χ4n) is 2.53. The van der Waals surface area contributed by atoms with Gasteiger partial charge in [0.2, 0.25) is 5.91 Å². The fourth-order valence-corrected chi connectivity index (χ4v) is 2.53. The highest BCUT2D eigenvalue weighted by Gasteiger charge is 2.17. The van der Waals surface area contributed by atoms with Gasteiger partial charge in [0.1, 0.15) is 12.2 Å². The maximum absolute atomic E-state index is 12.2. The maximum Gasteiger partial charge on any atom is 0.224 e. The second-order valence-electron chi connectivity index (χ2n) is 5.58. The van der Waals surface area contributed by atoms with Crippen LogP contribution in [-0.4, -0.2) is 44.7 Å². The first-order chi connectivity index (χ1) is 9.66. The van der Waals surface area contributed by atoms with E-state index in [1.54, 1.807) is 11.0 Å². The number of rotatable bonds is 5. The molecule has 0 saturated carbocycles. The first kappa shape index (κ1) is 15.0. The number of nitrogens with one attached hydrogen (secondary N) is 1. The number of hydrogen-bond donors (Lipinski definition) is 1. The van der Waals surface area contributed by atoms with E-state index in [1.165, 1.54) is 12.8 Å². The summed E-state index contributed by atoms with van der Waals surface area (Å²) in [5.74, 6) is 1.16. The molecule has 1 aliphatic heterocycles. The van der Waals surface area contributed by atoms with Gasteiger partial charge in [0.25, 0.3) is 0 Å². The molecule has 6 heteroatoms. The monoisotopic (exact) mass is 279 g/mol. The van der Waals surface area contributed by atoms with Crippen molar-refractivity contribution < 1.29 is 4.79 Å². The Morgan fingerprint density at radius 1 is 1.35 bits per heavy atom. The minimum atomic E-state index is 0.155. The Kier molecular flexibility index (Phi) is 5.52. The standard InChI is InChI=1S/C14H25N5O/c1-12(15-10-13-16-11-17-18(13)2)9-14(20)19-7-5-3-4-6-8-19/h11-12,15H,3-10H2,1-2H3/t12-/m0/s1. The van der Waals surface area contributed by atoms with Gasteiger partial charge >= 0.3 is 0 Å². The van der Waals surface area contributed by atoms with Crippen molar-refractivity contribution in [3.63, 3.8) is 0 Å². The van der Waals surface area contributed by atoms with Crippen LogP contribution in [0.25, 0.3) is 0 Å². The molecule has 1 fully saturated rings. The van der Waals surface area contributed by atoms with Crippen molar-refractivity contribution >= 4 is 5.91 Å². The van der Waals surface area contributed by atoms with Gasteiger partial charge in [-0.15, -0.1) is 0 Å². The molecule has 0 bridgehead atoms. The van der Waals surface area contributed by atoms with E-state index in [0.29, 0.717) is 13.0 Å². The number of aryl methyl sites for hydroxylation is 1. The van der Waals surface area contributed by atoms with Crippen LogP contribution in [0.2, 0.25) is 0 Å². The van der Waals surface area contributed by atoms with Gasteiger partial charge in [-0.05, 0) is 19.8 Å². The second kappa shape index (κ2) is 7.38. The molecular weight excluding hydrogens is 254 g/mol. The van der Waals surface area contributed by atoms with Gasteiger partial charge in [-0.3, -0.25) is 9.48 Å². The highest BCUT2D eigenvalue weighted by molar-refractivity contribution is 5.76. The van der Waals surface area contributed by atoms with Crippen LogP contribution >= 0.6 is 0 Å². The summed E-state index contributed by atoms with van der Waals surface area (Å²) >= 11 is 0. The Bertz CT molecular complexity index is 423. The lowest BCUT2D eigenvalue weighted by Gasteiger charge is -2.22. The minimum Gasteiger partial charge on any atom is -0.343 e. The SMILES string of the molecule is C[C@@H](CC(=O)N1CCCCCC1)NCc1ncnn1C. The quantitative estimate of drug-likeness (QED) is 0.876. The Hall–Kier alpha value is -1.43. The normalized spacial score (nSPS) is 17.8. The molecule has 1 aromatic heterocycles. The largest absolute Gasteiger partial charge is 0.343 e. The lowest BCUT2D eigenvalue weighted by atomic mass is 10.2. The predicted molar refractivity (Wildman–Crippen MR) is 77.0 cm³/mol. The summed E-state index contributed by atoms with van der Waals surface area (Å²) in [6.07, 6.45) is 6.90. The summed E-state index contributed by atoms with van der Waals surface area (Å²) in [5, 5.41) is 7.37. The van der Waals surface area contributed by atoms with Gasteiger partial charge in [-0.1, -0.05) is 12.8 Å². The van der Waals surface area contributed by atoms with E-state index >= 15 is 0 Å². The summed E-state index contributed by atoms with van der Waals surface area (Å²) in [4.78, 5) is 18.4. The zero-order valence-corrected chi connectivity index (χ0v) is 12.5. The summed E-state index contributed by atoms with van der Waals surface area (Å²) in [6.45, 7) is 4.54. The van der Waals surface area contributed by atoms with Crippen LogP contribution in [0.15, 0.2) is 6.33 Å². The third-order valence-corrected chi connectivity index (χ3v) is 3.85. The summed E-state index contributed by atoms with van der Waals surface area (Å²) in [6, 6.07) is 0.155. The van der Waals surface area contributed by atoms with Crippen molar-refractivity contribution in [1.82, 2.24) is 25.0 Å². The molecule has 0 spiro atoms. The van der Waals surface area contributed by atoms with Crippen LogP contribution in [0.4, 0.5) is 0 Å². The molecule has 112 valence electrons. The summed E-state index contributed by atoms with van der Waals surface area (Å²) in [5.41, 5.74) is 0. The predicted octanol–water partition coefficient (Wildman–Crippen LogP) is 1.09. The molecular formula is C14H25N5O. The molecule has 20 heavy (non-hydrogen) atoms. The van der Waals surface area contributed by atoms with E-state index in [1.807, 2.05) is 18.9 Å². The average molecular weight is 279 g/mol. The molecule has 0 aliphatic carbocycles. The third kappa shape index (κ3) is 4.30. The molecule has 0 aromatic carbocycles. The van der Waals surface area contributed by atoms with Gasteiger partial charge in [0.15, 0.2) is 0 Å². The number of carbonyl (C=O) groups excluding carboxylic acids is 1. The number of likely N-dealkylation sites (tertiary alicyclic amines) is 1. The number of aromatic nitrogens is 3. The van der Waals surface area contributed by atoms with Crippen LogP contribution in [-0.2, 0) is 18.4 Å². The Morgan fingerprint density at radius 2 is 2.05 bits per heavy atom. The smallest absolute Gasteiger partial charge is 0.224 e. The molecule has 0 unspecified atom stereocenters. The third-order valence-electron chi connectivity index (χ3n) is 3.85. The lowest BCUT2D eigenvalue weighted by molar-refractivity contribution is -0.131. The van der Waals surface area contributed by atoms with E-state index < -0.39 is 0 Å². The van der Waals surface area contributed by atoms with E-state index in [0.717, 1.165) is 31.8 Å². The lowest BCUT2D eigenvalue weighted by Crippen LogP contribution is -2.37. The Labute approximate surface area is 120 Å². The molecule has 1 atom stereocenters. The highest BCUT2D eigenvalue weighted by Crippen LogP contribution is 2.11. The maximum atomic E-state index is 12.2. The Morgan fingerprint density at radius 3 is 2.65 bits per heavy atom. The van der Waals surface area contributed by atoms with E-state index in [4.69, 9.17) is 0 Å². The molecule has 2 rings (SSSR count). The highest BCUT2D eigenvalue weighted by atomic mass is 16.2. The van der Waals surface area contributed by atoms with Crippen LogP contribution < -0.4 is 5.32 Å². The van der Waals surface area contributed by atoms with Crippen molar-refractivity contribution in [3.05, 3.63) is 12.2 Å². The van der Waals surface area contributed by atoms with Gasteiger partial charge in [0, 0.05) is 32.6 Å². The van der Waals surface area contributed by atoms with Crippen molar-refractivity contribution in [2.45, 2.75) is 51.6 Å². The second-order valence-corrected chi connectivity index (χ2v) is 5.58. The topological polar surface area (TPSA) is 63.1 Å². The van der Waals surface area contributed by atoms with E-state index in [-0.39, 0.29) is 11.9 Å². The Balaban J connectivity index is 1.74. The van der Waals surface area contributed by atoms with Gasteiger partial charge < -0.3 is 10.2 Å². The van der Waals surface area contributed by atoms with Crippen molar-refractivity contribution in [1.29, 1.82) is 0 Å². The first-order valence-electron chi connectivity index (χ1n) is 7.51.